The molecule has 27 heavy (non-hydrogen) atoms. The van der Waals surface area contributed by atoms with E-state index in [0.717, 1.165) is 15.8 Å². The zero-order chi connectivity index (χ0) is 19.8. The first kappa shape index (κ1) is 21.2. The van der Waals surface area contributed by atoms with Gasteiger partial charge in [0.1, 0.15) is 11.5 Å². The van der Waals surface area contributed by atoms with Crippen LogP contribution in [0.25, 0.3) is 0 Å². The molecule has 0 atom stereocenters. The van der Waals surface area contributed by atoms with Crippen LogP contribution >= 0.6 is 28.1 Å². The van der Waals surface area contributed by atoms with E-state index in [1.54, 1.807) is 19.2 Å². The Morgan fingerprint density at radius 3 is 2.52 bits per heavy atom. The quantitative estimate of drug-likeness (QED) is 0.615. The third-order valence-electron chi connectivity index (χ3n) is 3.60. The Hall–Kier alpha value is -2.12. The van der Waals surface area contributed by atoms with E-state index < -0.39 is 0 Å². The molecule has 0 heterocycles. The van der Waals surface area contributed by atoms with E-state index in [4.69, 9.17) is 21.7 Å². The van der Waals surface area contributed by atoms with E-state index in [1.807, 2.05) is 30.3 Å². The zero-order valence-electron chi connectivity index (χ0n) is 15.5. The van der Waals surface area contributed by atoms with Gasteiger partial charge in [-0.3, -0.25) is 10.1 Å². The largest absolute Gasteiger partial charge is 0.497 e. The number of thiocarbonyl (C=S) groups is 1. The zero-order valence-corrected chi connectivity index (χ0v) is 17.9. The summed E-state index contributed by atoms with van der Waals surface area (Å²) in [7, 11) is 1.62. The van der Waals surface area contributed by atoms with Gasteiger partial charge in [-0.1, -0.05) is 41.9 Å². The summed E-state index contributed by atoms with van der Waals surface area (Å²) in [5, 5.41) is 5.98. The molecule has 144 valence electrons. The summed E-state index contributed by atoms with van der Waals surface area (Å²) >= 11 is 8.63. The molecular weight excluding hydrogens is 428 g/mol. The summed E-state index contributed by atoms with van der Waals surface area (Å²) in [6, 6.07) is 12.9. The van der Waals surface area contributed by atoms with Crippen LogP contribution in [0.15, 0.2) is 46.9 Å². The van der Waals surface area contributed by atoms with Crippen LogP contribution < -0.4 is 20.1 Å². The summed E-state index contributed by atoms with van der Waals surface area (Å²) in [5.74, 6) is 1.36. The van der Waals surface area contributed by atoms with Crippen molar-refractivity contribution >= 4 is 39.2 Å². The highest BCUT2D eigenvalue weighted by Gasteiger charge is 2.15. The number of methoxy groups -OCH3 is 1. The van der Waals surface area contributed by atoms with Crippen molar-refractivity contribution < 1.29 is 14.3 Å². The molecule has 0 radical (unpaired) electrons. The average molecular weight is 451 g/mol. The van der Waals surface area contributed by atoms with Crippen molar-refractivity contribution in [3.05, 3.63) is 58.1 Å². The molecule has 2 aromatic rings. The van der Waals surface area contributed by atoms with E-state index in [1.165, 1.54) is 0 Å². The van der Waals surface area contributed by atoms with Gasteiger partial charge in [0.2, 0.25) is 0 Å². The Kier molecular flexibility index (Phi) is 8.06. The molecule has 5 nitrogen and oxygen atoms in total. The molecular formula is C20H23BrN2O3S. The van der Waals surface area contributed by atoms with Crippen molar-refractivity contribution in [2.24, 2.45) is 5.92 Å². The Bertz CT molecular complexity index is 794. The highest BCUT2D eigenvalue weighted by molar-refractivity contribution is 9.10. The summed E-state index contributed by atoms with van der Waals surface area (Å²) in [6.07, 6.45) is 0. The molecule has 0 fully saturated rings. The molecule has 7 heteroatoms. The standard InChI is InChI=1S/C20H23BrN2O3S/c1-13(2)12-26-18-9-6-15(21)10-17(18)19(24)23-20(27)22-11-14-4-7-16(25-3)8-5-14/h4-10,13H,11-12H2,1-3H3,(H2,22,23,24,27). The number of nitrogens with one attached hydrogen (secondary N) is 2. The van der Waals surface area contributed by atoms with Gasteiger partial charge in [-0.2, -0.15) is 0 Å². The minimum absolute atomic E-state index is 0.255. The summed E-state index contributed by atoms with van der Waals surface area (Å²) in [4.78, 5) is 12.6. The van der Waals surface area contributed by atoms with Gasteiger partial charge in [0.25, 0.3) is 5.91 Å². The fourth-order valence-corrected chi connectivity index (χ4v) is 2.73. The predicted octanol–water partition coefficient (Wildman–Crippen LogP) is 4.30. The number of halogens is 1. The molecule has 0 saturated heterocycles. The fourth-order valence-electron chi connectivity index (χ4n) is 2.20. The van der Waals surface area contributed by atoms with Crippen LogP contribution in [-0.4, -0.2) is 24.7 Å². The molecule has 0 aliphatic heterocycles. The second kappa shape index (κ2) is 10.3. The lowest BCUT2D eigenvalue weighted by Gasteiger charge is -2.14. The molecule has 0 unspecified atom stereocenters. The average Bonchev–Trinajstić information content (AvgIpc) is 2.65. The van der Waals surface area contributed by atoms with Crippen LogP contribution in [-0.2, 0) is 6.54 Å². The molecule has 0 aromatic heterocycles. The number of carbonyl (C=O) groups is 1. The van der Waals surface area contributed by atoms with Crippen molar-refractivity contribution in [2.75, 3.05) is 13.7 Å². The first-order chi connectivity index (χ1) is 12.9. The van der Waals surface area contributed by atoms with E-state index >= 15 is 0 Å². The van der Waals surface area contributed by atoms with Gasteiger partial charge in [0, 0.05) is 11.0 Å². The number of hydrogen-bond donors (Lipinski definition) is 2. The second-order valence-corrected chi connectivity index (χ2v) is 7.65. The van der Waals surface area contributed by atoms with Gasteiger partial charge in [-0.25, -0.2) is 0 Å². The monoisotopic (exact) mass is 450 g/mol. The molecule has 2 rings (SSSR count). The van der Waals surface area contributed by atoms with Gasteiger partial charge in [-0.05, 0) is 54.0 Å². The topological polar surface area (TPSA) is 59.6 Å². The van der Waals surface area contributed by atoms with Gasteiger partial charge >= 0.3 is 0 Å². The van der Waals surface area contributed by atoms with Crippen LogP contribution in [0.1, 0.15) is 29.8 Å². The second-order valence-electron chi connectivity index (χ2n) is 6.33. The number of amides is 1. The van der Waals surface area contributed by atoms with Gasteiger partial charge in [-0.15, -0.1) is 0 Å². The first-order valence-electron chi connectivity index (χ1n) is 8.53. The van der Waals surface area contributed by atoms with Gasteiger partial charge in [0.15, 0.2) is 5.11 Å². The van der Waals surface area contributed by atoms with Crippen molar-refractivity contribution in [3.8, 4) is 11.5 Å². The Balaban J connectivity index is 1.96. The van der Waals surface area contributed by atoms with Crippen LogP contribution in [0, 0.1) is 5.92 Å². The molecule has 0 spiro atoms. The third-order valence-corrected chi connectivity index (χ3v) is 4.34. The lowest BCUT2D eigenvalue weighted by molar-refractivity contribution is 0.0971. The Labute approximate surface area is 173 Å². The van der Waals surface area contributed by atoms with Crippen molar-refractivity contribution in [1.82, 2.24) is 10.6 Å². The summed E-state index contributed by atoms with van der Waals surface area (Å²) in [5.41, 5.74) is 1.45. The number of hydrogen-bond acceptors (Lipinski definition) is 4. The fraction of sp³-hybridized carbons (Fsp3) is 0.300. The van der Waals surface area contributed by atoms with E-state index in [0.29, 0.717) is 30.4 Å². The Morgan fingerprint density at radius 2 is 1.89 bits per heavy atom. The van der Waals surface area contributed by atoms with Crippen LogP contribution in [0.4, 0.5) is 0 Å². The number of ether oxygens (including phenoxy) is 2. The van der Waals surface area contributed by atoms with Crippen LogP contribution in [0.3, 0.4) is 0 Å². The highest BCUT2D eigenvalue weighted by Crippen LogP contribution is 2.23. The highest BCUT2D eigenvalue weighted by atomic mass is 79.9. The van der Waals surface area contributed by atoms with Crippen LogP contribution in [0.2, 0.25) is 0 Å². The maximum absolute atomic E-state index is 12.6. The van der Waals surface area contributed by atoms with E-state index in [9.17, 15) is 4.79 Å². The maximum atomic E-state index is 12.6. The summed E-state index contributed by atoms with van der Waals surface area (Å²) in [6.45, 7) is 5.13. The van der Waals surface area contributed by atoms with Crippen molar-refractivity contribution in [3.63, 3.8) is 0 Å². The number of carbonyl (C=O) groups excluding carboxylic acids is 1. The normalized spacial score (nSPS) is 10.4. The molecule has 2 N–H and O–H groups in total. The van der Waals surface area contributed by atoms with Gasteiger partial charge < -0.3 is 14.8 Å². The lowest BCUT2D eigenvalue weighted by Crippen LogP contribution is -2.39. The molecule has 0 aliphatic rings. The number of rotatable bonds is 7. The minimum Gasteiger partial charge on any atom is -0.497 e. The maximum Gasteiger partial charge on any atom is 0.261 e. The van der Waals surface area contributed by atoms with Crippen molar-refractivity contribution in [1.29, 1.82) is 0 Å². The SMILES string of the molecule is COc1ccc(CNC(=S)NC(=O)c2cc(Br)ccc2OCC(C)C)cc1. The molecule has 1 amide bonds. The third kappa shape index (κ3) is 6.84. The smallest absolute Gasteiger partial charge is 0.261 e. The van der Waals surface area contributed by atoms with E-state index in [-0.39, 0.29) is 11.0 Å². The first-order valence-corrected chi connectivity index (χ1v) is 9.73. The molecule has 2 aromatic carbocycles. The lowest BCUT2D eigenvalue weighted by atomic mass is 10.2. The van der Waals surface area contributed by atoms with E-state index in [2.05, 4.69) is 40.4 Å². The summed E-state index contributed by atoms with van der Waals surface area (Å²) < 4.78 is 11.7. The number of benzene rings is 2. The predicted molar refractivity (Wildman–Crippen MR) is 114 cm³/mol. The molecule has 0 bridgehead atoms. The minimum atomic E-state index is -0.317. The van der Waals surface area contributed by atoms with Crippen LogP contribution in [0.5, 0.6) is 11.5 Å². The van der Waals surface area contributed by atoms with Crippen molar-refractivity contribution in [2.45, 2.75) is 20.4 Å². The van der Waals surface area contributed by atoms with Gasteiger partial charge in [0.05, 0.1) is 19.3 Å². The molecule has 0 saturated carbocycles. The molecule has 0 aliphatic carbocycles. The Morgan fingerprint density at radius 1 is 1.19 bits per heavy atom.